The fraction of sp³-hybridized carbons (Fsp3) is 0.767. The first-order valence-corrected chi connectivity index (χ1v) is 14.3. The minimum atomic E-state index is -2.04. The summed E-state index contributed by atoms with van der Waals surface area (Å²) in [7, 11) is 0. The van der Waals surface area contributed by atoms with Crippen LogP contribution in [-0.4, -0.2) is 85.5 Å². The molecule has 1 saturated heterocycles. The van der Waals surface area contributed by atoms with Crippen molar-refractivity contribution in [2.24, 2.45) is 22.7 Å². The maximum absolute atomic E-state index is 13.5. The highest BCUT2D eigenvalue weighted by atomic mass is 16.6. The van der Waals surface area contributed by atoms with E-state index < -0.39 is 63.3 Å². The number of carbonyl (C=O) groups is 3. The first-order valence-electron chi connectivity index (χ1n) is 14.3. The number of cyclic esters (lactones) is 1. The maximum Gasteiger partial charge on any atom is 0.334 e. The Morgan fingerprint density at radius 3 is 2.52 bits per heavy atom. The van der Waals surface area contributed by atoms with E-state index in [1.165, 1.54) is 19.9 Å². The number of allylic oxidation sites excluding steroid dienone is 1. The summed E-state index contributed by atoms with van der Waals surface area (Å²) in [6.45, 7) is 7.49. The van der Waals surface area contributed by atoms with Gasteiger partial charge >= 0.3 is 11.9 Å². The normalized spacial score (nSPS) is 50.7. The van der Waals surface area contributed by atoms with E-state index in [1.807, 2.05) is 0 Å². The van der Waals surface area contributed by atoms with Gasteiger partial charge in [-0.3, -0.25) is 9.59 Å². The van der Waals surface area contributed by atoms with Crippen molar-refractivity contribution in [3.05, 3.63) is 23.3 Å². The molecule has 4 aliphatic carbocycles. The largest absolute Gasteiger partial charge is 0.465 e. The average Bonchev–Trinajstić information content (AvgIpc) is 3.58. The Kier molecular flexibility index (Phi) is 5.78. The monoisotopic (exact) mass is 560 g/mol. The topological polar surface area (TPSA) is 163 Å². The molecule has 0 radical (unpaired) electrons. The zero-order valence-electron chi connectivity index (χ0n) is 23.7. The summed E-state index contributed by atoms with van der Waals surface area (Å²) in [5.74, 6) is -2.41. The number of aliphatic hydroxyl groups excluding tert-OH is 1. The molecule has 10 nitrogen and oxygen atoms in total. The molecule has 0 aromatic rings. The third kappa shape index (κ3) is 2.99. The van der Waals surface area contributed by atoms with E-state index in [0.29, 0.717) is 12.0 Å². The summed E-state index contributed by atoms with van der Waals surface area (Å²) in [5.41, 5.74) is -8.33. The van der Waals surface area contributed by atoms with Crippen LogP contribution in [0.3, 0.4) is 0 Å². The molecular weight excluding hydrogens is 520 g/mol. The van der Waals surface area contributed by atoms with Gasteiger partial charge in [-0.05, 0) is 83.8 Å². The number of fused-ring (bicyclic) bond motifs is 4. The molecule has 0 amide bonds. The van der Waals surface area contributed by atoms with E-state index in [4.69, 9.17) is 14.2 Å². The van der Waals surface area contributed by atoms with Crippen molar-refractivity contribution in [1.29, 1.82) is 0 Å². The summed E-state index contributed by atoms with van der Waals surface area (Å²) in [6.07, 6.45) is 1.41. The van der Waals surface area contributed by atoms with Crippen LogP contribution in [0.2, 0.25) is 0 Å². The molecule has 40 heavy (non-hydrogen) atoms. The lowest BCUT2D eigenvalue weighted by Gasteiger charge is -2.65. The number of hydrogen-bond donors (Lipinski definition) is 4. The predicted molar refractivity (Wildman–Crippen MR) is 138 cm³/mol. The van der Waals surface area contributed by atoms with Crippen LogP contribution in [0.5, 0.6) is 0 Å². The van der Waals surface area contributed by atoms with Gasteiger partial charge in [-0.1, -0.05) is 5.57 Å². The van der Waals surface area contributed by atoms with Crippen molar-refractivity contribution in [1.82, 2.24) is 0 Å². The molecule has 0 aromatic carbocycles. The highest BCUT2D eigenvalue weighted by molar-refractivity contribution is 5.98. The highest BCUT2D eigenvalue weighted by Gasteiger charge is 2.84. The van der Waals surface area contributed by atoms with E-state index in [9.17, 15) is 34.8 Å². The van der Waals surface area contributed by atoms with Crippen LogP contribution < -0.4 is 0 Å². The first kappa shape index (κ1) is 28.0. The fourth-order valence-corrected chi connectivity index (χ4v) is 9.70. The first-order chi connectivity index (χ1) is 18.5. The summed E-state index contributed by atoms with van der Waals surface area (Å²) >= 11 is 0. The van der Waals surface area contributed by atoms with Crippen LogP contribution in [-0.2, 0) is 28.6 Å². The van der Waals surface area contributed by atoms with Crippen molar-refractivity contribution >= 4 is 17.7 Å². The number of esters is 2. The molecule has 220 valence electrons. The second kappa shape index (κ2) is 8.25. The number of rotatable bonds is 4. The molecule has 2 aliphatic heterocycles. The molecule has 0 aromatic heterocycles. The number of ether oxygens (including phenoxy) is 3. The third-order valence-electron chi connectivity index (χ3n) is 12.3. The van der Waals surface area contributed by atoms with E-state index in [-0.39, 0.29) is 56.5 Å². The summed E-state index contributed by atoms with van der Waals surface area (Å²) in [4.78, 5) is 38.2. The van der Waals surface area contributed by atoms with Gasteiger partial charge in [-0.2, -0.15) is 0 Å². The lowest BCUT2D eigenvalue weighted by atomic mass is 9.41. The Bertz CT molecular complexity index is 1250. The summed E-state index contributed by atoms with van der Waals surface area (Å²) in [6, 6.07) is 0. The Morgan fingerprint density at radius 2 is 1.88 bits per heavy atom. The van der Waals surface area contributed by atoms with E-state index >= 15 is 0 Å². The van der Waals surface area contributed by atoms with Gasteiger partial charge in [-0.15, -0.1) is 0 Å². The van der Waals surface area contributed by atoms with Crippen LogP contribution in [0.25, 0.3) is 0 Å². The van der Waals surface area contributed by atoms with Crippen LogP contribution in [0.15, 0.2) is 23.3 Å². The minimum absolute atomic E-state index is 0.0285. The Hall–Kier alpha value is -2.11. The number of aliphatic hydroxyl groups is 4. The zero-order chi connectivity index (χ0) is 29.3. The van der Waals surface area contributed by atoms with Crippen molar-refractivity contribution in [2.75, 3.05) is 6.61 Å². The quantitative estimate of drug-likeness (QED) is 0.291. The Labute approximate surface area is 233 Å². The van der Waals surface area contributed by atoms with Gasteiger partial charge in [0.05, 0.1) is 22.5 Å². The smallest absolute Gasteiger partial charge is 0.334 e. The number of carbonyl (C=O) groups excluding carboxylic acids is 3. The van der Waals surface area contributed by atoms with Crippen molar-refractivity contribution < 1.29 is 49.0 Å². The lowest BCUT2D eigenvalue weighted by molar-refractivity contribution is -0.303. The van der Waals surface area contributed by atoms with Gasteiger partial charge < -0.3 is 34.6 Å². The SMILES string of the molecule is CC(=O)OC[C@]12CC[C@H]3[C@@H](C[C@@H](O)[C@]45O[C@H]4C=CC(=O)[C@]35C)[C@]1(O)CC[C@@]2(O)[C@@](C)(O)C1CC(C)=C(C)C(=O)O1. The summed E-state index contributed by atoms with van der Waals surface area (Å²) < 4.78 is 17.2. The third-order valence-corrected chi connectivity index (χ3v) is 12.3. The summed E-state index contributed by atoms with van der Waals surface area (Å²) in [5, 5.41) is 49.0. The molecule has 0 bridgehead atoms. The van der Waals surface area contributed by atoms with Gasteiger partial charge in [0.2, 0.25) is 0 Å². The molecule has 10 heteroatoms. The Balaban J connectivity index is 1.45. The molecule has 4 N–H and O–H groups in total. The van der Waals surface area contributed by atoms with Crippen LogP contribution in [0.1, 0.15) is 73.1 Å². The fourth-order valence-electron chi connectivity index (χ4n) is 9.70. The van der Waals surface area contributed by atoms with Crippen molar-refractivity contribution in [3.8, 4) is 0 Å². The predicted octanol–water partition coefficient (Wildman–Crippen LogP) is 1.27. The van der Waals surface area contributed by atoms with Crippen LogP contribution in [0, 0.1) is 22.7 Å². The van der Waals surface area contributed by atoms with Gasteiger partial charge in [0, 0.05) is 18.9 Å². The van der Waals surface area contributed by atoms with Gasteiger partial charge in [-0.25, -0.2) is 4.79 Å². The zero-order valence-corrected chi connectivity index (χ0v) is 23.7. The molecular formula is C30H40O10. The van der Waals surface area contributed by atoms with E-state index in [2.05, 4.69) is 0 Å². The minimum Gasteiger partial charge on any atom is -0.465 e. The second-order valence-corrected chi connectivity index (χ2v) is 13.6. The standard InChI is InChI=1S/C30H40O10/c1-15-12-23(39-24(34)16(15)2)26(5,35)29(37)11-10-28(36)19-13-21(33)30-22(40-30)7-6-20(32)25(30,4)18(19)8-9-27(28,29)14-38-17(3)31/h6-7,18-19,21-23,33,35-37H,8-14H2,1-5H3/t18-,19+,21+,22-,23?,25-,26-,27+,28+,29+,30-/m0/s1. The highest BCUT2D eigenvalue weighted by Crippen LogP contribution is 2.74. The van der Waals surface area contributed by atoms with Crippen molar-refractivity contribution in [3.63, 3.8) is 0 Å². The van der Waals surface area contributed by atoms with Crippen molar-refractivity contribution in [2.45, 2.75) is 114 Å². The lowest BCUT2D eigenvalue weighted by Crippen LogP contribution is -2.76. The molecule has 3 saturated carbocycles. The van der Waals surface area contributed by atoms with Gasteiger partial charge in [0.1, 0.15) is 35.6 Å². The Morgan fingerprint density at radius 1 is 1.18 bits per heavy atom. The molecule has 1 unspecified atom stereocenters. The van der Waals surface area contributed by atoms with Gasteiger partial charge in [0.25, 0.3) is 0 Å². The molecule has 6 rings (SSSR count). The van der Waals surface area contributed by atoms with Crippen LogP contribution >= 0.6 is 0 Å². The number of ketones is 1. The van der Waals surface area contributed by atoms with E-state index in [1.54, 1.807) is 26.8 Å². The molecule has 1 spiro atoms. The number of epoxide rings is 1. The van der Waals surface area contributed by atoms with Crippen LogP contribution in [0.4, 0.5) is 0 Å². The molecule has 11 atom stereocenters. The molecule has 6 aliphatic rings. The number of hydrogen-bond acceptors (Lipinski definition) is 10. The molecule has 2 heterocycles. The van der Waals surface area contributed by atoms with Gasteiger partial charge in [0.15, 0.2) is 5.78 Å². The maximum atomic E-state index is 13.5. The second-order valence-electron chi connectivity index (χ2n) is 13.6. The van der Waals surface area contributed by atoms with E-state index in [0.717, 1.165) is 5.57 Å². The molecule has 4 fully saturated rings. The average molecular weight is 561 g/mol.